The fraction of sp³-hybridized carbons (Fsp3) is 0.0588. The topological polar surface area (TPSA) is 71.5 Å². The van der Waals surface area contributed by atoms with Crippen molar-refractivity contribution in [2.45, 2.75) is 6.42 Å². The minimum atomic E-state index is -0.132. The second-order valence-electron chi connectivity index (χ2n) is 5.14. The zero-order valence-corrected chi connectivity index (χ0v) is 12.9. The average Bonchev–Trinajstić information content (AvgIpc) is 3.11. The third-order valence-electron chi connectivity index (χ3n) is 3.64. The van der Waals surface area contributed by atoms with Crippen LogP contribution in [0.5, 0.6) is 0 Å². The number of hydrogen-bond acceptors (Lipinski definition) is 5. The van der Waals surface area contributed by atoms with Crippen molar-refractivity contribution in [3.05, 3.63) is 75.9 Å². The van der Waals surface area contributed by atoms with Crippen molar-refractivity contribution < 1.29 is 0 Å². The maximum absolute atomic E-state index is 12.0. The standard InChI is InChI=1S/C17H12N4OS/c22-16-14(17-18-5-6-23-17)7-11(9-19-16)8-15-13-4-2-1-3-12(13)10-20-21-15/h1-7,9-10H,8H2,(H,19,22). The van der Waals surface area contributed by atoms with Crippen molar-refractivity contribution in [1.82, 2.24) is 20.2 Å². The first-order valence-corrected chi connectivity index (χ1v) is 8.00. The van der Waals surface area contributed by atoms with E-state index >= 15 is 0 Å². The van der Waals surface area contributed by atoms with E-state index in [-0.39, 0.29) is 5.56 Å². The molecule has 1 N–H and O–H groups in total. The number of nitrogens with one attached hydrogen (secondary N) is 1. The van der Waals surface area contributed by atoms with Crippen LogP contribution < -0.4 is 5.56 Å². The fourth-order valence-electron chi connectivity index (χ4n) is 2.56. The van der Waals surface area contributed by atoms with Crippen molar-refractivity contribution in [3.63, 3.8) is 0 Å². The van der Waals surface area contributed by atoms with Crippen LogP contribution in [-0.4, -0.2) is 20.2 Å². The van der Waals surface area contributed by atoms with Crippen molar-refractivity contribution in [2.24, 2.45) is 0 Å². The number of hydrogen-bond donors (Lipinski definition) is 1. The van der Waals surface area contributed by atoms with Gasteiger partial charge in [0.15, 0.2) is 0 Å². The number of fused-ring (bicyclic) bond motifs is 1. The summed E-state index contributed by atoms with van der Waals surface area (Å²) in [5.74, 6) is 0. The highest BCUT2D eigenvalue weighted by Gasteiger charge is 2.10. The number of H-pyrrole nitrogens is 1. The van der Waals surface area contributed by atoms with E-state index in [0.717, 1.165) is 27.0 Å². The van der Waals surface area contributed by atoms with Crippen LogP contribution in [0.15, 0.2) is 59.1 Å². The Balaban J connectivity index is 1.77. The molecule has 4 rings (SSSR count). The molecule has 0 radical (unpaired) electrons. The highest BCUT2D eigenvalue weighted by molar-refractivity contribution is 7.13. The summed E-state index contributed by atoms with van der Waals surface area (Å²) in [7, 11) is 0. The Morgan fingerprint density at radius 2 is 2.13 bits per heavy atom. The first-order valence-electron chi connectivity index (χ1n) is 7.12. The zero-order valence-electron chi connectivity index (χ0n) is 12.1. The Morgan fingerprint density at radius 3 is 3.00 bits per heavy atom. The molecule has 4 aromatic rings. The SMILES string of the molecule is O=c1[nH]cc(Cc2nncc3ccccc23)cc1-c1nccs1. The van der Waals surface area contributed by atoms with E-state index in [1.807, 2.05) is 35.7 Å². The molecule has 0 aliphatic heterocycles. The van der Waals surface area contributed by atoms with Gasteiger partial charge in [-0.3, -0.25) is 4.79 Å². The quantitative estimate of drug-likeness (QED) is 0.630. The lowest BCUT2D eigenvalue weighted by Crippen LogP contribution is -2.09. The van der Waals surface area contributed by atoms with Gasteiger partial charge in [0.1, 0.15) is 5.01 Å². The first-order chi connectivity index (χ1) is 11.3. The van der Waals surface area contributed by atoms with Crippen LogP contribution >= 0.6 is 11.3 Å². The van der Waals surface area contributed by atoms with Gasteiger partial charge in [0, 0.05) is 35.0 Å². The Labute approximate surface area is 135 Å². The minimum absolute atomic E-state index is 0.132. The van der Waals surface area contributed by atoms with Gasteiger partial charge >= 0.3 is 0 Å². The van der Waals surface area contributed by atoms with Crippen LogP contribution in [-0.2, 0) is 6.42 Å². The van der Waals surface area contributed by atoms with E-state index < -0.39 is 0 Å². The van der Waals surface area contributed by atoms with Crippen molar-refractivity contribution in [1.29, 1.82) is 0 Å². The molecule has 112 valence electrons. The van der Waals surface area contributed by atoms with Crippen LogP contribution in [0, 0.1) is 0 Å². The molecule has 3 heterocycles. The normalized spacial score (nSPS) is 11.0. The van der Waals surface area contributed by atoms with Gasteiger partial charge in [0.05, 0.1) is 17.5 Å². The number of thiazole rings is 1. The molecular weight excluding hydrogens is 308 g/mol. The summed E-state index contributed by atoms with van der Waals surface area (Å²) in [6.07, 6.45) is 5.78. The summed E-state index contributed by atoms with van der Waals surface area (Å²) in [5.41, 5.74) is 2.32. The maximum Gasteiger partial charge on any atom is 0.258 e. The van der Waals surface area contributed by atoms with Crippen LogP contribution in [0.3, 0.4) is 0 Å². The third kappa shape index (κ3) is 2.64. The van der Waals surface area contributed by atoms with Gasteiger partial charge in [0.2, 0.25) is 0 Å². The van der Waals surface area contributed by atoms with Crippen LogP contribution in [0.25, 0.3) is 21.3 Å². The number of aromatic amines is 1. The van der Waals surface area contributed by atoms with Gasteiger partial charge in [-0.15, -0.1) is 11.3 Å². The number of rotatable bonds is 3. The maximum atomic E-state index is 12.0. The van der Waals surface area contributed by atoms with E-state index in [4.69, 9.17) is 0 Å². The van der Waals surface area contributed by atoms with Crippen LogP contribution in [0.1, 0.15) is 11.3 Å². The van der Waals surface area contributed by atoms with Gasteiger partial charge in [-0.2, -0.15) is 10.2 Å². The van der Waals surface area contributed by atoms with Gasteiger partial charge in [-0.25, -0.2) is 4.98 Å². The fourth-order valence-corrected chi connectivity index (χ4v) is 3.21. The summed E-state index contributed by atoms with van der Waals surface area (Å²) in [6.45, 7) is 0. The number of nitrogens with zero attached hydrogens (tertiary/aromatic N) is 3. The highest BCUT2D eigenvalue weighted by atomic mass is 32.1. The van der Waals surface area contributed by atoms with E-state index in [9.17, 15) is 4.79 Å². The summed E-state index contributed by atoms with van der Waals surface area (Å²) in [5, 5.41) is 13.0. The second kappa shape index (κ2) is 5.73. The minimum Gasteiger partial charge on any atom is -0.328 e. The van der Waals surface area contributed by atoms with E-state index in [1.54, 1.807) is 18.6 Å². The van der Waals surface area contributed by atoms with Gasteiger partial charge in [-0.1, -0.05) is 24.3 Å². The predicted molar refractivity (Wildman–Crippen MR) is 90.5 cm³/mol. The summed E-state index contributed by atoms with van der Waals surface area (Å²) in [6, 6.07) is 9.89. The average molecular weight is 320 g/mol. The Kier molecular flexibility index (Phi) is 3.44. The Bertz CT molecular complexity index is 1020. The molecule has 23 heavy (non-hydrogen) atoms. The molecule has 0 aliphatic rings. The largest absolute Gasteiger partial charge is 0.328 e. The van der Waals surface area contributed by atoms with E-state index in [2.05, 4.69) is 20.2 Å². The monoisotopic (exact) mass is 320 g/mol. The number of benzene rings is 1. The lowest BCUT2D eigenvalue weighted by atomic mass is 10.0. The van der Waals surface area contributed by atoms with Crippen molar-refractivity contribution >= 4 is 22.1 Å². The van der Waals surface area contributed by atoms with Crippen LogP contribution in [0.4, 0.5) is 0 Å². The molecule has 0 bridgehead atoms. The lowest BCUT2D eigenvalue weighted by Gasteiger charge is -2.05. The van der Waals surface area contributed by atoms with Gasteiger partial charge < -0.3 is 4.98 Å². The Morgan fingerprint density at radius 1 is 1.22 bits per heavy atom. The molecule has 0 unspecified atom stereocenters. The molecule has 0 amide bonds. The zero-order chi connectivity index (χ0) is 15.6. The summed E-state index contributed by atoms with van der Waals surface area (Å²) in [4.78, 5) is 19.0. The number of pyridine rings is 1. The predicted octanol–water partition coefficient (Wildman–Crippen LogP) is 3.03. The summed E-state index contributed by atoms with van der Waals surface area (Å²) >= 11 is 1.45. The molecule has 5 nitrogen and oxygen atoms in total. The molecule has 0 saturated heterocycles. The Hall–Kier alpha value is -2.86. The molecular formula is C17H12N4OS. The lowest BCUT2D eigenvalue weighted by molar-refractivity contribution is 0.953. The molecule has 1 aromatic carbocycles. The molecule has 6 heteroatoms. The smallest absolute Gasteiger partial charge is 0.258 e. The van der Waals surface area contributed by atoms with E-state index in [0.29, 0.717) is 12.0 Å². The molecule has 3 aromatic heterocycles. The summed E-state index contributed by atoms with van der Waals surface area (Å²) < 4.78 is 0. The third-order valence-corrected chi connectivity index (χ3v) is 4.45. The van der Waals surface area contributed by atoms with Crippen molar-refractivity contribution in [2.75, 3.05) is 0 Å². The van der Waals surface area contributed by atoms with E-state index in [1.165, 1.54) is 11.3 Å². The molecule has 0 fully saturated rings. The second-order valence-corrected chi connectivity index (χ2v) is 6.04. The molecule has 0 spiro atoms. The first kappa shape index (κ1) is 13.8. The van der Waals surface area contributed by atoms with Gasteiger partial charge in [-0.05, 0) is 11.6 Å². The van der Waals surface area contributed by atoms with Gasteiger partial charge in [0.25, 0.3) is 5.56 Å². The molecule has 0 atom stereocenters. The molecule has 0 saturated carbocycles. The van der Waals surface area contributed by atoms with Crippen molar-refractivity contribution in [3.8, 4) is 10.6 Å². The highest BCUT2D eigenvalue weighted by Crippen LogP contribution is 2.21. The molecule has 0 aliphatic carbocycles. The van der Waals surface area contributed by atoms with Crippen LogP contribution in [0.2, 0.25) is 0 Å². The number of aromatic nitrogens is 4.